The minimum Gasteiger partial charge on any atom is -0.329 e. The summed E-state index contributed by atoms with van der Waals surface area (Å²) in [5.41, 5.74) is 3.41. The molecule has 0 saturated carbocycles. The number of nitrogens with zero attached hydrogens (tertiary/aromatic N) is 6. The van der Waals surface area contributed by atoms with Crippen LogP contribution in [-0.4, -0.2) is 42.1 Å². The van der Waals surface area contributed by atoms with Gasteiger partial charge in [0.15, 0.2) is 5.82 Å². The summed E-state index contributed by atoms with van der Waals surface area (Å²) in [6, 6.07) is 11.0. The molecule has 0 N–H and O–H groups in total. The molecule has 1 amide bonds. The van der Waals surface area contributed by atoms with E-state index in [2.05, 4.69) is 20.2 Å². The van der Waals surface area contributed by atoms with Crippen molar-refractivity contribution in [1.29, 1.82) is 0 Å². The van der Waals surface area contributed by atoms with Gasteiger partial charge in [-0.05, 0) is 37.3 Å². The standard InChI is InChI=1S/C22H17F3N6O/c1-13-4-5-17-15(9-13)16(10-18(27-17)14-3-2-6-26-11-14)20(32)30-7-8-31-19(12-30)28-29-21(31)22(23,24)25/h2-6,9-11H,7-8,12H2,1H3. The van der Waals surface area contributed by atoms with Crippen molar-refractivity contribution in [2.24, 2.45) is 0 Å². The number of carbonyl (C=O) groups is 1. The van der Waals surface area contributed by atoms with Crippen LogP contribution < -0.4 is 0 Å². The van der Waals surface area contributed by atoms with Gasteiger partial charge >= 0.3 is 6.18 Å². The Morgan fingerprint density at radius 3 is 2.69 bits per heavy atom. The molecule has 1 aliphatic heterocycles. The van der Waals surface area contributed by atoms with Gasteiger partial charge in [0, 0.05) is 36.4 Å². The summed E-state index contributed by atoms with van der Waals surface area (Å²) in [4.78, 5) is 23.8. The SMILES string of the molecule is Cc1ccc2nc(-c3cccnc3)cc(C(=O)N3CCn4c(nnc4C(F)(F)F)C3)c2c1. The highest BCUT2D eigenvalue weighted by Crippen LogP contribution is 2.31. The minimum atomic E-state index is -4.59. The molecule has 0 spiro atoms. The van der Waals surface area contributed by atoms with Crippen molar-refractivity contribution in [3.05, 3.63) is 71.6 Å². The maximum Gasteiger partial charge on any atom is 0.451 e. The highest BCUT2D eigenvalue weighted by atomic mass is 19.4. The number of hydrogen-bond donors (Lipinski definition) is 0. The van der Waals surface area contributed by atoms with Crippen molar-refractivity contribution < 1.29 is 18.0 Å². The van der Waals surface area contributed by atoms with E-state index >= 15 is 0 Å². The monoisotopic (exact) mass is 438 g/mol. The van der Waals surface area contributed by atoms with Crippen LogP contribution in [0.5, 0.6) is 0 Å². The minimum absolute atomic E-state index is 0.0274. The van der Waals surface area contributed by atoms with E-state index in [1.54, 1.807) is 24.5 Å². The molecule has 7 nitrogen and oxygen atoms in total. The lowest BCUT2D eigenvalue weighted by atomic mass is 10.0. The second-order valence-electron chi connectivity index (χ2n) is 7.63. The van der Waals surface area contributed by atoms with Gasteiger partial charge in [0.2, 0.25) is 5.82 Å². The van der Waals surface area contributed by atoms with Gasteiger partial charge < -0.3 is 9.47 Å². The predicted octanol–water partition coefficient (Wildman–Crippen LogP) is 3.87. The number of rotatable bonds is 2. The molecule has 10 heteroatoms. The zero-order valence-corrected chi connectivity index (χ0v) is 17.0. The Balaban J connectivity index is 1.56. The van der Waals surface area contributed by atoms with Gasteiger partial charge in [-0.25, -0.2) is 4.98 Å². The molecule has 0 unspecified atom stereocenters. The average molecular weight is 438 g/mol. The molecule has 1 aromatic carbocycles. The number of benzene rings is 1. The van der Waals surface area contributed by atoms with E-state index in [-0.39, 0.29) is 31.4 Å². The largest absolute Gasteiger partial charge is 0.451 e. The number of amides is 1. The fraction of sp³-hybridized carbons (Fsp3) is 0.227. The van der Waals surface area contributed by atoms with Gasteiger partial charge in [-0.2, -0.15) is 13.2 Å². The number of pyridine rings is 2. The average Bonchev–Trinajstić information content (AvgIpc) is 3.22. The molecule has 0 bridgehead atoms. The summed E-state index contributed by atoms with van der Waals surface area (Å²) in [5, 5.41) is 7.64. The van der Waals surface area contributed by atoms with Crippen LogP contribution in [0.3, 0.4) is 0 Å². The van der Waals surface area contributed by atoms with Crippen LogP contribution in [0.4, 0.5) is 13.2 Å². The van der Waals surface area contributed by atoms with E-state index in [0.29, 0.717) is 22.2 Å². The molecule has 0 atom stereocenters. The molecule has 4 aromatic rings. The second-order valence-corrected chi connectivity index (χ2v) is 7.63. The number of hydrogen-bond acceptors (Lipinski definition) is 5. The van der Waals surface area contributed by atoms with Gasteiger partial charge in [0.1, 0.15) is 0 Å². The Kier molecular flexibility index (Phi) is 4.65. The Morgan fingerprint density at radius 2 is 1.94 bits per heavy atom. The maximum atomic E-state index is 13.5. The predicted molar refractivity (Wildman–Crippen MR) is 109 cm³/mol. The van der Waals surface area contributed by atoms with Gasteiger partial charge in [-0.1, -0.05) is 11.6 Å². The quantitative estimate of drug-likeness (QED) is 0.475. The molecule has 1 aliphatic rings. The molecule has 0 aliphatic carbocycles. The third-order valence-corrected chi connectivity index (χ3v) is 5.45. The van der Waals surface area contributed by atoms with Crippen LogP contribution in [0.25, 0.3) is 22.2 Å². The number of aromatic nitrogens is 5. The highest BCUT2D eigenvalue weighted by Gasteiger charge is 2.40. The molecule has 0 radical (unpaired) electrons. The van der Waals surface area contributed by atoms with E-state index in [0.717, 1.165) is 15.7 Å². The summed E-state index contributed by atoms with van der Waals surface area (Å²) in [6.45, 7) is 1.95. The first-order chi connectivity index (χ1) is 15.3. The van der Waals surface area contributed by atoms with E-state index in [4.69, 9.17) is 0 Å². The molecule has 0 fully saturated rings. The van der Waals surface area contributed by atoms with Gasteiger partial charge in [0.05, 0.1) is 23.3 Å². The van der Waals surface area contributed by atoms with Crippen LogP contribution in [0.1, 0.15) is 27.6 Å². The van der Waals surface area contributed by atoms with E-state index in [1.807, 2.05) is 31.2 Å². The lowest BCUT2D eigenvalue weighted by Gasteiger charge is -2.28. The third-order valence-electron chi connectivity index (χ3n) is 5.45. The van der Waals surface area contributed by atoms with E-state index < -0.39 is 12.0 Å². The Bertz CT molecular complexity index is 1330. The molecular weight excluding hydrogens is 421 g/mol. The van der Waals surface area contributed by atoms with Gasteiger partial charge in [-0.15, -0.1) is 10.2 Å². The smallest absolute Gasteiger partial charge is 0.329 e. The van der Waals surface area contributed by atoms with Crippen LogP contribution in [0, 0.1) is 6.92 Å². The first kappa shape index (κ1) is 20.1. The molecule has 0 saturated heterocycles. The fourth-order valence-corrected chi connectivity index (χ4v) is 3.89. The molecule has 3 aromatic heterocycles. The second kappa shape index (κ2) is 7.40. The number of aryl methyl sites for hydroxylation is 1. The Morgan fingerprint density at radius 1 is 1.09 bits per heavy atom. The fourth-order valence-electron chi connectivity index (χ4n) is 3.89. The summed E-state index contributed by atoms with van der Waals surface area (Å²) in [7, 11) is 0. The van der Waals surface area contributed by atoms with Gasteiger partial charge in [0.25, 0.3) is 5.91 Å². The topological polar surface area (TPSA) is 76.8 Å². The number of fused-ring (bicyclic) bond motifs is 2. The lowest BCUT2D eigenvalue weighted by molar-refractivity contribution is -0.147. The third kappa shape index (κ3) is 3.47. The van der Waals surface area contributed by atoms with Crippen molar-refractivity contribution in [1.82, 2.24) is 29.6 Å². The summed E-state index contributed by atoms with van der Waals surface area (Å²) >= 11 is 0. The van der Waals surface area contributed by atoms with Crippen molar-refractivity contribution in [2.45, 2.75) is 26.2 Å². The van der Waals surface area contributed by atoms with Crippen LogP contribution in [0.15, 0.2) is 48.8 Å². The van der Waals surface area contributed by atoms with E-state index in [9.17, 15) is 18.0 Å². The molecule has 5 rings (SSSR count). The van der Waals surface area contributed by atoms with Crippen molar-refractivity contribution in [2.75, 3.05) is 6.54 Å². The van der Waals surface area contributed by atoms with Crippen molar-refractivity contribution >= 4 is 16.8 Å². The van der Waals surface area contributed by atoms with Gasteiger partial charge in [-0.3, -0.25) is 9.78 Å². The molecule has 162 valence electrons. The first-order valence-electron chi connectivity index (χ1n) is 9.91. The highest BCUT2D eigenvalue weighted by molar-refractivity contribution is 6.07. The number of carbonyl (C=O) groups excluding carboxylic acids is 1. The Labute approximate surface area is 180 Å². The number of alkyl halides is 3. The van der Waals surface area contributed by atoms with Crippen LogP contribution in [-0.2, 0) is 19.3 Å². The zero-order valence-electron chi connectivity index (χ0n) is 17.0. The summed E-state index contributed by atoms with van der Waals surface area (Å²) in [6.07, 6.45) is -1.27. The summed E-state index contributed by atoms with van der Waals surface area (Å²) in [5.74, 6) is -1.22. The zero-order chi connectivity index (χ0) is 22.5. The molecule has 4 heterocycles. The maximum absolute atomic E-state index is 13.5. The molecule has 32 heavy (non-hydrogen) atoms. The lowest BCUT2D eigenvalue weighted by Crippen LogP contribution is -2.39. The van der Waals surface area contributed by atoms with Crippen molar-refractivity contribution in [3.8, 4) is 11.3 Å². The Hall–Kier alpha value is -3.82. The van der Waals surface area contributed by atoms with E-state index in [1.165, 1.54) is 4.90 Å². The first-order valence-corrected chi connectivity index (χ1v) is 9.91. The normalized spacial score (nSPS) is 13.9. The van der Waals surface area contributed by atoms with Crippen molar-refractivity contribution in [3.63, 3.8) is 0 Å². The number of halogens is 3. The van der Waals surface area contributed by atoms with Crippen LogP contribution >= 0.6 is 0 Å². The summed E-state index contributed by atoms with van der Waals surface area (Å²) < 4.78 is 40.4. The van der Waals surface area contributed by atoms with Crippen LogP contribution in [0.2, 0.25) is 0 Å². The molecular formula is C22H17F3N6O.